The summed E-state index contributed by atoms with van der Waals surface area (Å²) in [6, 6.07) is 1.82. The van der Waals surface area contributed by atoms with E-state index in [2.05, 4.69) is 11.8 Å². The Morgan fingerprint density at radius 2 is 2.00 bits per heavy atom. The fourth-order valence-electron chi connectivity index (χ4n) is 2.76. The minimum absolute atomic E-state index is 0.0656. The summed E-state index contributed by atoms with van der Waals surface area (Å²) in [6.45, 7) is 8.69. The van der Waals surface area contributed by atoms with Gasteiger partial charge in [-0.1, -0.05) is 18.8 Å². The van der Waals surface area contributed by atoms with Gasteiger partial charge in [0.1, 0.15) is 4.88 Å². The van der Waals surface area contributed by atoms with Crippen LogP contribution in [-0.4, -0.2) is 43.1 Å². The molecule has 1 saturated heterocycles. The van der Waals surface area contributed by atoms with Gasteiger partial charge in [0.05, 0.1) is 11.1 Å². The number of carboxylic acids is 1. The number of thiophene rings is 1. The molecule has 0 amide bonds. The third-order valence-electron chi connectivity index (χ3n) is 3.96. The number of hydrogen-bond donors (Lipinski definition) is 1. The summed E-state index contributed by atoms with van der Waals surface area (Å²) in [6.07, 6.45) is 1.19. The fraction of sp³-hybridized carbons (Fsp3) is 0.588. The maximum atomic E-state index is 11.8. The van der Waals surface area contributed by atoms with Crippen molar-refractivity contribution >= 4 is 27.3 Å². The van der Waals surface area contributed by atoms with Crippen LogP contribution < -0.4 is 0 Å². The van der Waals surface area contributed by atoms with Crippen molar-refractivity contribution in [1.29, 1.82) is 0 Å². The molecule has 1 fully saturated rings. The molecule has 2 rings (SSSR count). The standard InChI is InChI=1S/C17H23NO4S2/c1-11-9-18(24(5,21)22)10-14(11)13-8-12(6-7-17(2,3)4)23-15(13)16(19)20/h8,11,14H,9-10H2,1-5H3,(H,19,20)/t11-,14+/m0/s1. The van der Waals surface area contributed by atoms with Crippen LogP contribution in [0.5, 0.6) is 0 Å². The second-order valence-corrected chi connectivity index (χ2v) is 10.4. The summed E-state index contributed by atoms with van der Waals surface area (Å²) >= 11 is 1.16. The highest BCUT2D eigenvalue weighted by molar-refractivity contribution is 7.88. The van der Waals surface area contributed by atoms with Crippen molar-refractivity contribution < 1.29 is 18.3 Å². The Labute approximate surface area is 147 Å². The van der Waals surface area contributed by atoms with Crippen molar-refractivity contribution in [3.05, 3.63) is 21.4 Å². The molecule has 0 aliphatic carbocycles. The Balaban J connectivity index is 2.41. The summed E-state index contributed by atoms with van der Waals surface area (Å²) in [4.78, 5) is 12.6. The molecule has 1 aliphatic heterocycles. The molecule has 2 atom stereocenters. The number of aromatic carboxylic acids is 1. The lowest BCUT2D eigenvalue weighted by molar-refractivity contribution is 0.0700. The largest absolute Gasteiger partial charge is 0.477 e. The van der Waals surface area contributed by atoms with Gasteiger partial charge >= 0.3 is 5.97 Å². The second kappa shape index (κ2) is 6.51. The van der Waals surface area contributed by atoms with Crippen LogP contribution in [0.2, 0.25) is 0 Å². The molecule has 7 heteroatoms. The quantitative estimate of drug-likeness (QED) is 0.832. The molecule has 0 bridgehead atoms. The van der Waals surface area contributed by atoms with E-state index in [-0.39, 0.29) is 22.1 Å². The molecule has 24 heavy (non-hydrogen) atoms. The van der Waals surface area contributed by atoms with Gasteiger partial charge in [-0.15, -0.1) is 11.3 Å². The Kier molecular flexibility index (Phi) is 5.14. The Morgan fingerprint density at radius 1 is 1.38 bits per heavy atom. The third kappa shape index (κ3) is 4.38. The summed E-state index contributed by atoms with van der Waals surface area (Å²) in [5.41, 5.74) is 0.533. The smallest absolute Gasteiger partial charge is 0.346 e. The molecule has 1 aromatic heterocycles. The predicted molar refractivity (Wildman–Crippen MR) is 95.9 cm³/mol. The van der Waals surface area contributed by atoms with Crippen molar-refractivity contribution in [3.63, 3.8) is 0 Å². The lowest BCUT2D eigenvalue weighted by atomic mass is 9.90. The molecule has 5 nitrogen and oxygen atoms in total. The summed E-state index contributed by atoms with van der Waals surface area (Å²) in [5, 5.41) is 9.51. The second-order valence-electron chi connectivity index (χ2n) is 7.36. The molecule has 1 aliphatic rings. The minimum atomic E-state index is -3.27. The van der Waals surface area contributed by atoms with E-state index in [9.17, 15) is 18.3 Å². The topological polar surface area (TPSA) is 74.7 Å². The maximum Gasteiger partial charge on any atom is 0.346 e. The van der Waals surface area contributed by atoms with E-state index in [1.165, 1.54) is 10.6 Å². The van der Waals surface area contributed by atoms with Crippen LogP contribution in [0, 0.1) is 23.2 Å². The number of carbonyl (C=O) groups is 1. The van der Waals surface area contributed by atoms with Gasteiger partial charge in [0.2, 0.25) is 10.0 Å². The van der Waals surface area contributed by atoms with Crippen molar-refractivity contribution in [1.82, 2.24) is 4.31 Å². The van der Waals surface area contributed by atoms with Crippen LogP contribution in [0.15, 0.2) is 6.07 Å². The maximum absolute atomic E-state index is 11.8. The van der Waals surface area contributed by atoms with E-state index >= 15 is 0 Å². The summed E-state index contributed by atoms with van der Waals surface area (Å²) in [5.74, 6) is 5.13. The molecule has 0 spiro atoms. The number of hydrogen-bond acceptors (Lipinski definition) is 4. The Morgan fingerprint density at radius 3 is 2.46 bits per heavy atom. The van der Waals surface area contributed by atoms with Crippen LogP contribution in [-0.2, 0) is 10.0 Å². The lowest BCUT2D eigenvalue weighted by Crippen LogP contribution is -2.27. The van der Waals surface area contributed by atoms with Crippen molar-refractivity contribution in [2.24, 2.45) is 11.3 Å². The number of nitrogens with zero attached hydrogens (tertiary/aromatic N) is 1. The molecule has 0 aromatic carbocycles. The normalized spacial score (nSPS) is 22.2. The Bertz CT molecular complexity index is 806. The molecular weight excluding hydrogens is 346 g/mol. The van der Waals surface area contributed by atoms with Crippen LogP contribution in [0.25, 0.3) is 0 Å². The van der Waals surface area contributed by atoms with Crippen molar-refractivity contribution in [2.45, 2.75) is 33.6 Å². The van der Waals surface area contributed by atoms with Crippen molar-refractivity contribution in [2.75, 3.05) is 19.3 Å². The summed E-state index contributed by atoms with van der Waals surface area (Å²) in [7, 11) is -3.27. The van der Waals surface area contributed by atoms with Gasteiger partial charge in [-0.2, -0.15) is 0 Å². The van der Waals surface area contributed by atoms with E-state index < -0.39 is 16.0 Å². The predicted octanol–water partition coefficient (Wildman–Crippen LogP) is 2.84. The van der Waals surface area contributed by atoms with Gasteiger partial charge in [0.25, 0.3) is 0 Å². The van der Waals surface area contributed by atoms with E-state index in [1.807, 2.05) is 33.8 Å². The first-order valence-corrected chi connectivity index (χ1v) is 10.4. The van der Waals surface area contributed by atoms with Gasteiger partial charge in [0, 0.05) is 24.4 Å². The molecule has 0 saturated carbocycles. The van der Waals surface area contributed by atoms with Gasteiger partial charge in [0.15, 0.2) is 0 Å². The van der Waals surface area contributed by atoms with Gasteiger partial charge in [-0.25, -0.2) is 17.5 Å². The molecule has 1 N–H and O–H groups in total. The fourth-order valence-corrected chi connectivity index (χ4v) is 4.62. The Hall–Kier alpha value is -1.36. The van der Waals surface area contributed by atoms with Crippen LogP contribution >= 0.6 is 11.3 Å². The first-order valence-electron chi connectivity index (χ1n) is 7.74. The van der Waals surface area contributed by atoms with E-state index in [0.717, 1.165) is 11.3 Å². The monoisotopic (exact) mass is 369 g/mol. The lowest BCUT2D eigenvalue weighted by Gasteiger charge is -2.14. The minimum Gasteiger partial charge on any atom is -0.477 e. The molecule has 132 valence electrons. The number of rotatable bonds is 3. The number of sulfonamides is 1. The third-order valence-corrected chi connectivity index (χ3v) is 6.25. The van der Waals surface area contributed by atoms with E-state index in [1.54, 1.807) is 0 Å². The van der Waals surface area contributed by atoms with Crippen LogP contribution in [0.3, 0.4) is 0 Å². The van der Waals surface area contributed by atoms with E-state index in [4.69, 9.17) is 0 Å². The summed E-state index contributed by atoms with van der Waals surface area (Å²) < 4.78 is 25.0. The van der Waals surface area contributed by atoms with Gasteiger partial charge in [-0.3, -0.25) is 0 Å². The van der Waals surface area contributed by atoms with E-state index in [0.29, 0.717) is 23.5 Å². The zero-order chi connectivity index (χ0) is 18.3. The van der Waals surface area contributed by atoms with Crippen LogP contribution in [0.4, 0.5) is 0 Å². The zero-order valence-electron chi connectivity index (χ0n) is 14.6. The molecule has 0 unspecified atom stereocenters. The van der Waals surface area contributed by atoms with Gasteiger partial charge in [-0.05, 0) is 38.3 Å². The average molecular weight is 370 g/mol. The SMILES string of the molecule is C[C@H]1CN(S(C)(=O)=O)C[C@H]1c1cc(C#CC(C)(C)C)sc1C(=O)O. The average Bonchev–Trinajstić information content (AvgIpc) is 2.98. The highest BCUT2D eigenvalue weighted by Crippen LogP contribution is 2.38. The highest BCUT2D eigenvalue weighted by Gasteiger charge is 2.37. The molecular formula is C17H23NO4S2. The molecule has 2 heterocycles. The highest BCUT2D eigenvalue weighted by atomic mass is 32.2. The first kappa shape index (κ1) is 19.0. The first-order chi connectivity index (χ1) is 10.9. The van der Waals surface area contributed by atoms with Crippen molar-refractivity contribution in [3.8, 4) is 11.8 Å². The number of carboxylic acid groups (broad SMARTS) is 1. The van der Waals surface area contributed by atoms with Crippen LogP contribution in [0.1, 0.15) is 53.7 Å². The zero-order valence-corrected chi connectivity index (χ0v) is 16.2. The molecule has 1 aromatic rings. The molecule has 0 radical (unpaired) electrons. The van der Waals surface area contributed by atoms with Gasteiger partial charge < -0.3 is 5.11 Å².